The van der Waals surface area contributed by atoms with E-state index < -0.39 is 0 Å². The molecule has 104 valence electrons. The Balaban J connectivity index is 2.15. The third-order valence-corrected chi connectivity index (χ3v) is 3.89. The van der Waals surface area contributed by atoms with Gasteiger partial charge >= 0.3 is 0 Å². The van der Waals surface area contributed by atoms with Crippen molar-refractivity contribution in [3.05, 3.63) is 28.8 Å². The molecule has 2 rings (SSSR count). The van der Waals surface area contributed by atoms with Crippen LogP contribution in [0.1, 0.15) is 25.3 Å². The van der Waals surface area contributed by atoms with Gasteiger partial charge in [0.25, 0.3) is 0 Å². The Labute approximate surface area is 124 Å². The van der Waals surface area contributed by atoms with Crippen molar-refractivity contribution < 1.29 is 4.74 Å². The molecular formula is C14H19ClN2OS. The predicted octanol–water partition coefficient (Wildman–Crippen LogP) is 2.98. The first-order chi connectivity index (χ1) is 9.11. The summed E-state index contributed by atoms with van der Waals surface area (Å²) in [7, 11) is 0. The van der Waals surface area contributed by atoms with E-state index in [1.54, 1.807) is 0 Å². The number of thiocarbonyl (C=S) groups is 1. The lowest BCUT2D eigenvalue weighted by molar-refractivity contribution is 0.0527. The summed E-state index contributed by atoms with van der Waals surface area (Å²) in [6, 6.07) is 5.75. The molecule has 0 aromatic heterocycles. The van der Waals surface area contributed by atoms with Gasteiger partial charge in [-0.05, 0) is 38.0 Å². The zero-order chi connectivity index (χ0) is 13.8. The first kappa shape index (κ1) is 14.6. The van der Waals surface area contributed by atoms with Crippen LogP contribution in [0, 0.1) is 0 Å². The summed E-state index contributed by atoms with van der Waals surface area (Å²) in [6.07, 6.45) is 2.54. The van der Waals surface area contributed by atoms with E-state index in [9.17, 15) is 0 Å². The molecule has 1 unspecified atom stereocenters. The van der Waals surface area contributed by atoms with Crippen molar-refractivity contribution in [1.82, 2.24) is 0 Å². The highest BCUT2D eigenvalue weighted by atomic mass is 35.5. The fraction of sp³-hybridized carbons (Fsp3) is 0.500. The van der Waals surface area contributed by atoms with Crippen LogP contribution in [0.5, 0.6) is 0 Å². The number of nitrogens with zero attached hydrogens (tertiary/aromatic N) is 1. The lowest BCUT2D eigenvalue weighted by atomic mass is 10.1. The minimum Gasteiger partial charge on any atom is -0.389 e. The summed E-state index contributed by atoms with van der Waals surface area (Å²) >= 11 is 11.3. The minimum atomic E-state index is 0.296. The lowest BCUT2D eigenvalue weighted by Gasteiger charge is -2.34. The average molecular weight is 299 g/mol. The number of hydrogen-bond donors (Lipinski definition) is 1. The average Bonchev–Trinajstić information content (AvgIpc) is 2.39. The van der Waals surface area contributed by atoms with E-state index in [0.717, 1.165) is 43.8 Å². The van der Waals surface area contributed by atoms with Gasteiger partial charge in [0.2, 0.25) is 0 Å². The standard InChI is InChI=1S/C14H19ClN2OS/c1-2-18-11-4-3-7-17(9-11)13-6-5-10(14(16)19)8-12(13)15/h5-6,8,11H,2-4,7,9H2,1H3,(H2,16,19). The maximum atomic E-state index is 6.33. The van der Waals surface area contributed by atoms with Crippen LogP contribution < -0.4 is 10.6 Å². The maximum Gasteiger partial charge on any atom is 0.104 e. The van der Waals surface area contributed by atoms with E-state index >= 15 is 0 Å². The highest BCUT2D eigenvalue weighted by molar-refractivity contribution is 7.80. The van der Waals surface area contributed by atoms with Crippen molar-refractivity contribution in [1.29, 1.82) is 0 Å². The van der Waals surface area contributed by atoms with Gasteiger partial charge < -0.3 is 15.4 Å². The molecule has 1 aliphatic heterocycles. The summed E-state index contributed by atoms with van der Waals surface area (Å²) in [5, 5.41) is 0.697. The maximum absolute atomic E-state index is 6.33. The van der Waals surface area contributed by atoms with Crippen molar-refractivity contribution in [2.45, 2.75) is 25.9 Å². The molecule has 1 heterocycles. The molecule has 3 nitrogen and oxygen atoms in total. The fourth-order valence-electron chi connectivity index (χ4n) is 2.45. The molecule has 19 heavy (non-hydrogen) atoms. The lowest BCUT2D eigenvalue weighted by Crippen LogP contribution is -2.39. The van der Waals surface area contributed by atoms with Gasteiger partial charge in [-0.1, -0.05) is 23.8 Å². The second-order valence-electron chi connectivity index (χ2n) is 4.70. The van der Waals surface area contributed by atoms with Crippen molar-refractivity contribution in [3.63, 3.8) is 0 Å². The molecule has 1 saturated heterocycles. The number of hydrogen-bond acceptors (Lipinski definition) is 3. The Morgan fingerprint density at radius 2 is 2.37 bits per heavy atom. The van der Waals surface area contributed by atoms with Crippen LogP contribution in [0.2, 0.25) is 5.02 Å². The molecule has 1 aromatic carbocycles. The largest absolute Gasteiger partial charge is 0.389 e. The van der Waals surface area contributed by atoms with Crippen molar-refractivity contribution in [2.24, 2.45) is 5.73 Å². The molecule has 0 amide bonds. The van der Waals surface area contributed by atoms with Crippen LogP contribution in [-0.2, 0) is 4.74 Å². The van der Waals surface area contributed by atoms with Crippen LogP contribution in [-0.4, -0.2) is 30.8 Å². The number of piperidine rings is 1. The fourth-order valence-corrected chi connectivity index (χ4v) is 2.87. The normalized spacial score (nSPS) is 19.5. The van der Waals surface area contributed by atoms with Crippen LogP contribution in [0.4, 0.5) is 5.69 Å². The van der Waals surface area contributed by atoms with E-state index in [-0.39, 0.29) is 0 Å². The van der Waals surface area contributed by atoms with Crippen molar-refractivity contribution in [2.75, 3.05) is 24.6 Å². The third kappa shape index (κ3) is 3.59. The Hall–Kier alpha value is -0.840. The first-order valence-electron chi connectivity index (χ1n) is 6.57. The number of nitrogens with two attached hydrogens (primary N) is 1. The van der Waals surface area contributed by atoms with E-state index in [1.807, 2.05) is 25.1 Å². The Morgan fingerprint density at radius 1 is 1.58 bits per heavy atom. The third-order valence-electron chi connectivity index (χ3n) is 3.35. The molecule has 0 spiro atoms. The van der Waals surface area contributed by atoms with Gasteiger partial charge in [0, 0.05) is 25.3 Å². The molecule has 0 bridgehead atoms. The molecule has 0 aliphatic carbocycles. The SMILES string of the molecule is CCOC1CCCN(c2ccc(C(N)=S)cc2Cl)C1. The molecule has 2 N–H and O–H groups in total. The van der Waals surface area contributed by atoms with Gasteiger partial charge in [-0.2, -0.15) is 0 Å². The number of anilines is 1. The van der Waals surface area contributed by atoms with Crippen LogP contribution >= 0.6 is 23.8 Å². The molecule has 1 atom stereocenters. The minimum absolute atomic E-state index is 0.296. The van der Waals surface area contributed by atoms with E-state index in [4.69, 9.17) is 34.3 Å². The highest BCUT2D eigenvalue weighted by Crippen LogP contribution is 2.29. The Bertz CT molecular complexity index is 465. The van der Waals surface area contributed by atoms with E-state index in [1.165, 1.54) is 0 Å². The van der Waals surface area contributed by atoms with Gasteiger partial charge in [-0.3, -0.25) is 0 Å². The van der Waals surface area contributed by atoms with Crippen molar-refractivity contribution in [3.8, 4) is 0 Å². The summed E-state index contributed by atoms with van der Waals surface area (Å²) in [4.78, 5) is 2.65. The zero-order valence-corrected chi connectivity index (χ0v) is 12.6. The van der Waals surface area contributed by atoms with Gasteiger partial charge in [-0.25, -0.2) is 0 Å². The number of benzene rings is 1. The van der Waals surface area contributed by atoms with Crippen molar-refractivity contribution >= 4 is 34.5 Å². The number of rotatable bonds is 4. The molecule has 1 fully saturated rings. The summed E-state index contributed by atoms with van der Waals surface area (Å²) in [6.45, 7) is 4.69. The zero-order valence-electron chi connectivity index (χ0n) is 11.1. The summed E-state index contributed by atoms with van der Waals surface area (Å²) < 4.78 is 5.71. The first-order valence-corrected chi connectivity index (χ1v) is 7.36. The molecule has 5 heteroatoms. The summed E-state index contributed by atoms with van der Waals surface area (Å²) in [5.41, 5.74) is 7.45. The Morgan fingerprint density at radius 3 is 3.00 bits per heavy atom. The van der Waals surface area contributed by atoms with E-state index in [0.29, 0.717) is 16.1 Å². The van der Waals surface area contributed by atoms with Crippen LogP contribution in [0.15, 0.2) is 18.2 Å². The quantitative estimate of drug-likeness (QED) is 0.867. The molecule has 0 radical (unpaired) electrons. The number of halogens is 1. The van der Waals surface area contributed by atoms with Gasteiger partial charge in [-0.15, -0.1) is 0 Å². The molecule has 1 aromatic rings. The Kier molecular flexibility index (Phi) is 5.02. The van der Waals surface area contributed by atoms with E-state index in [2.05, 4.69) is 4.90 Å². The molecule has 0 saturated carbocycles. The molecular weight excluding hydrogens is 280 g/mol. The van der Waals surface area contributed by atoms with Crippen LogP contribution in [0.3, 0.4) is 0 Å². The second-order valence-corrected chi connectivity index (χ2v) is 5.54. The van der Waals surface area contributed by atoms with Gasteiger partial charge in [0.05, 0.1) is 16.8 Å². The molecule has 1 aliphatic rings. The number of ether oxygens (including phenoxy) is 1. The van der Waals surface area contributed by atoms with Gasteiger partial charge in [0.15, 0.2) is 0 Å². The summed E-state index contributed by atoms with van der Waals surface area (Å²) in [5.74, 6) is 0. The smallest absolute Gasteiger partial charge is 0.104 e. The highest BCUT2D eigenvalue weighted by Gasteiger charge is 2.21. The predicted molar refractivity (Wildman–Crippen MR) is 84.2 cm³/mol. The van der Waals surface area contributed by atoms with Crippen LogP contribution in [0.25, 0.3) is 0 Å². The van der Waals surface area contributed by atoms with Gasteiger partial charge in [0.1, 0.15) is 4.99 Å². The topological polar surface area (TPSA) is 38.5 Å². The second kappa shape index (κ2) is 6.55. The monoisotopic (exact) mass is 298 g/mol.